The SMILES string of the molecule is CN(CC(=O)Nc1ccccc1)C(=O)c1cncc(Cl)n1. The Morgan fingerprint density at radius 3 is 2.62 bits per heavy atom. The Hall–Kier alpha value is -2.47. The quantitative estimate of drug-likeness (QED) is 0.935. The molecule has 0 aliphatic rings. The highest BCUT2D eigenvalue weighted by Crippen LogP contribution is 2.07. The van der Waals surface area contributed by atoms with Gasteiger partial charge in [-0.3, -0.25) is 14.6 Å². The van der Waals surface area contributed by atoms with Crippen LogP contribution in [-0.4, -0.2) is 40.3 Å². The van der Waals surface area contributed by atoms with Gasteiger partial charge in [-0.05, 0) is 12.1 Å². The van der Waals surface area contributed by atoms with E-state index in [1.807, 2.05) is 18.2 Å². The molecule has 1 aromatic heterocycles. The van der Waals surface area contributed by atoms with Crippen molar-refractivity contribution in [3.05, 3.63) is 53.6 Å². The minimum atomic E-state index is -0.423. The molecule has 0 saturated heterocycles. The highest BCUT2D eigenvalue weighted by Gasteiger charge is 2.16. The molecule has 0 radical (unpaired) electrons. The standard InChI is InChI=1S/C14H13ClN4O2/c1-19(14(21)11-7-16-8-12(15)18-11)9-13(20)17-10-5-3-2-4-6-10/h2-8H,9H2,1H3,(H,17,20). The molecule has 108 valence electrons. The van der Waals surface area contributed by atoms with E-state index in [0.29, 0.717) is 5.69 Å². The molecular formula is C14H13ClN4O2. The van der Waals surface area contributed by atoms with Crippen LogP contribution in [0.3, 0.4) is 0 Å². The zero-order valence-corrected chi connectivity index (χ0v) is 12.0. The van der Waals surface area contributed by atoms with E-state index in [0.717, 1.165) is 0 Å². The number of carbonyl (C=O) groups is 2. The number of aromatic nitrogens is 2. The fourth-order valence-corrected chi connectivity index (χ4v) is 1.80. The maximum absolute atomic E-state index is 12.1. The number of hydrogen-bond acceptors (Lipinski definition) is 4. The van der Waals surface area contributed by atoms with Crippen molar-refractivity contribution in [2.24, 2.45) is 0 Å². The second-order valence-corrected chi connectivity index (χ2v) is 4.69. The summed E-state index contributed by atoms with van der Waals surface area (Å²) in [5.74, 6) is -0.722. The zero-order valence-electron chi connectivity index (χ0n) is 11.3. The summed E-state index contributed by atoms with van der Waals surface area (Å²) in [6, 6.07) is 9.01. The maximum Gasteiger partial charge on any atom is 0.274 e. The number of nitrogens with one attached hydrogen (secondary N) is 1. The molecule has 2 amide bonds. The summed E-state index contributed by atoms with van der Waals surface area (Å²) in [6.07, 6.45) is 2.64. The second kappa shape index (κ2) is 6.81. The average Bonchev–Trinajstić information content (AvgIpc) is 2.47. The Morgan fingerprint density at radius 2 is 1.95 bits per heavy atom. The van der Waals surface area contributed by atoms with Crippen LogP contribution in [0, 0.1) is 0 Å². The third kappa shape index (κ3) is 4.25. The summed E-state index contributed by atoms with van der Waals surface area (Å²) in [6.45, 7) is -0.0953. The summed E-state index contributed by atoms with van der Waals surface area (Å²) < 4.78 is 0. The Balaban J connectivity index is 1.96. The molecule has 0 fully saturated rings. The smallest absolute Gasteiger partial charge is 0.274 e. The van der Waals surface area contributed by atoms with Gasteiger partial charge in [0.15, 0.2) is 0 Å². The van der Waals surface area contributed by atoms with E-state index in [9.17, 15) is 9.59 Å². The first-order valence-corrected chi connectivity index (χ1v) is 6.52. The van der Waals surface area contributed by atoms with Crippen LogP contribution in [0.5, 0.6) is 0 Å². The summed E-state index contributed by atoms with van der Waals surface area (Å²) in [5, 5.41) is 2.82. The predicted molar refractivity (Wildman–Crippen MR) is 79.1 cm³/mol. The highest BCUT2D eigenvalue weighted by atomic mass is 35.5. The largest absolute Gasteiger partial charge is 0.331 e. The van der Waals surface area contributed by atoms with Gasteiger partial charge in [0.2, 0.25) is 5.91 Å². The highest BCUT2D eigenvalue weighted by molar-refractivity contribution is 6.29. The van der Waals surface area contributed by atoms with Gasteiger partial charge < -0.3 is 10.2 Å². The number of likely N-dealkylation sites (N-methyl/N-ethyl adjacent to an activating group) is 1. The molecule has 0 spiro atoms. The first kappa shape index (κ1) is 14.9. The molecule has 7 heteroatoms. The van der Waals surface area contributed by atoms with Crippen LogP contribution in [0.15, 0.2) is 42.7 Å². The number of benzene rings is 1. The first-order valence-electron chi connectivity index (χ1n) is 6.14. The van der Waals surface area contributed by atoms with Crippen LogP contribution in [-0.2, 0) is 4.79 Å². The minimum Gasteiger partial charge on any atom is -0.331 e. The molecule has 2 rings (SSSR count). The summed E-state index contributed by atoms with van der Waals surface area (Å²) in [4.78, 5) is 32.8. The zero-order chi connectivity index (χ0) is 15.2. The molecule has 0 unspecified atom stereocenters. The van der Waals surface area contributed by atoms with Crippen LogP contribution in [0.4, 0.5) is 5.69 Å². The molecule has 1 heterocycles. The molecule has 2 aromatic rings. The lowest BCUT2D eigenvalue weighted by atomic mass is 10.3. The van der Waals surface area contributed by atoms with Crippen LogP contribution < -0.4 is 5.32 Å². The number of nitrogens with zero attached hydrogens (tertiary/aromatic N) is 3. The minimum absolute atomic E-state index is 0.0949. The van der Waals surface area contributed by atoms with Gasteiger partial charge >= 0.3 is 0 Å². The van der Waals surface area contributed by atoms with Crippen LogP contribution in [0.25, 0.3) is 0 Å². The number of hydrogen-bond donors (Lipinski definition) is 1. The van der Waals surface area contributed by atoms with Crippen molar-refractivity contribution >= 4 is 29.1 Å². The number of anilines is 1. The van der Waals surface area contributed by atoms with Crippen molar-refractivity contribution < 1.29 is 9.59 Å². The Labute approximate surface area is 126 Å². The van der Waals surface area contributed by atoms with E-state index in [1.165, 1.54) is 24.3 Å². The van der Waals surface area contributed by atoms with E-state index < -0.39 is 5.91 Å². The lowest BCUT2D eigenvalue weighted by Gasteiger charge is -2.16. The number of amides is 2. The maximum atomic E-state index is 12.1. The van der Waals surface area contributed by atoms with Crippen molar-refractivity contribution in [1.82, 2.24) is 14.9 Å². The number of rotatable bonds is 4. The topological polar surface area (TPSA) is 75.2 Å². The van der Waals surface area contributed by atoms with Gasteiger partial charge in [-0.1, -0.05) is 29.8 Å². The van der Waals surface area contributed by atoms with Gasteiger partial charge in [-0.15, -0.1) is 0 Å². The normalized spacial score (nSPS) is 10.0. The van der Waals surface area contributed by atoms with Gasteiger partial charge in [0.05, 0.1) is 18.9 Å². The molecule has 0 atom stereocenters. The van der Waals surface area contributed by atoms with Crippen LogP contribution in [0.2, 0.25) is 5.15 Å². The van der Waals surface area contributed by atoms with Crippen molar-refractivity contribution in [1.29, 1.82) is 0 Å². The molecule has 1 aromatic carbocycles. The van der Waals surface area contributed by atoms with E-state index in [4.69, 9.17) is 11.6 Å². The summed E-state index contributed by atoms with van der Waals surface area (Å²) >= 11 is 5.68. The van der Waals surface area contributed by atoms with Crippen molar-refractivity contribution in [3.8, 4) is 0 Å². The van der Waals surface area contributed by atoms with Crippen LogP contribution >= 0.6 is 11.6 Å². The molecule has 1 N–H and O–H groups in total. The monoisotopic (exact) mass is 304 g/mol. The molecule has 0 aliphatic carbocycles. The third-order valence-electron chi connectivity index (χ3n) is 2.61. The summed E-state index contributed by atoms with van der Waals surface area (Å²) in [5.41, 5.74) is 0.767. The van der Waals surface area contributed by atoms with E-state index in [-0.39, 0.29) is 23.3 Å². The van der Waals surface area contributed by atoms with Gasteiger partial charge in [-0.25, -0.2) is 4.98 Å². The first-order chi connectivity index (χ1) is 10.1. The van der Waals surface area contributed by atoms with Gasteiger partial charge in [0.1, 0.15) is 10.8 Å². The van der Waals surface area contributed by atoms with E-state index >= 15 is 0 Å². The lowest BCUT2D eigenvalue weighted by molar-refractivity contribution is -0.116. The second-order valence-electron chi connectivity index (χ2n) is 4.30. The fraction of sp³-hybridized carbons (Fsp3) is 0.143. The van der Waals surface area contributed by atoms with Crippen molar-refractivity contribution in [3.63, 3.8) is 0 Å². The molecule has 0 bridgehead atoms. The number of para-hydroxylation sites is 1. The Kier molecular flexibility index (Phi) is 4.84. The molecule has 0 aliphatic heterocycles. The predicted octanol–water partition coefficient (Wildman–Crippen LogP) is 1.84. The van der Waals surface area contributed by atoms with E-state index in [1.54, 1.807) is 12.1 Å². The Bertz CT molecular complexity index is 648. The average molecular weight is 305 g/mol. The fourth-order valence-electron chi connectivity index (χ4n) is 1.65. The van der Waals surface area contributed by atoms with E-state index in [2.05, 4.69) is 15.3 Å². The molecule has 21 heavy (non-hydrogen) atoms. The van der Waals surface area contributed by atoms with Gasteiger partial charge in [-0.2, -0.15) is 0 Å². The lowest BCUT2D eigenvalue weighted by Crippen LogP contribution is -2.35. The molecule has 0 saturated carbocycles. The van der Waals surface area contributed by atoms with Crippen molar-refractivity contribution in [2.75, 3.05) is 18.9 Å². The molecule has 6 nitrogen and oxygen atoms in total. The van der Waals surface area contributed by atoms with Crippen LogP contribution in [0.1, 0.15) is 10.5 Å². The van der Waals surface area contributed by atoms with Gasteiger partial charge in [0, 0.05) is 12.7 Å². The molecular weight excluding hydrogens is 292 g/mol. The third-order valence-corrected chi connectivity index (χ3v) is 2.79. The number of carbonyl (C=O) groups excluding carboxylic acids is 2. The summed E-state index contributed by atoms with van der Waals surface area (Å²) in [7, 11) is 1.51. The number of halogens is 1. The van der Waals surface area contributed by atoms with Gasteiger partial charge in [0.25, 0.3) is 5.91 Å². The van der Waals surface area contributed by atoms with Crippen molar-refractivity contribution in [2.45, 2.75) is 0 Å². The Morgan fingerprint density at radius 1 is 1.24 bits per heavy atom.